The van der Waals surface area contributed by atoms with E-state index in [1.807, 2.05) is 0 Å². The van der Waals surface area contributed by atoms with Crippen LogP contribution in [0.25, 0.3) is 0 Å². The van der Waals surface area contributed by atoms with E-state index in [9.17, 15) is 18.4 Å². The lowest BCUT2D eigenvalue weighted by molar-refractivity contribution is -0.162. The number of amides is 1. The smallest absolute Gasteiger partial charge is 0.264 e. The maximum atomic E-state index is 13.5. The fraction of sp³-hybridized carbons (Fsp3) is 0.550. The van der Waals surface area contributed by atoms with Gasteiger partial charge in [-0.15, -0.1) is 0 Å². The summed E-state index contributed by atoms with van der Waals surface area (Å²) in [5.41, 5.74) is 1.52. The minimum absolute atomic E-state index is 0.0310. The van der Waals surface area contributed by atoms with Crippen LogP contribution in [0.2, 0.25) is 0 Å². The number of hydroxylamine groups is 1. The number of rotatable bonds is 6. The van der Waals surface area contributed by atoms with Crippen LogP contribution in [-0.2, 0) is 29.0 Å². The topological polar surface area (TPSA) is 144 Å². The van der Waals surface area contributed by atoms with Crippen LogP contribution in [0.5, 0.6) is 5.75 Å². The monoisotopic (exact) mass is 470 g/mol. The first-order valence-corrected chi connectivity index (χ1v) is 11.2. The number of nitrogens with one attached hydrogen (secondary N) is 1. The molecular formula is C20H26N2O9S. The van der Waals surface area contributed by atoms with Crippen molar-refractivity contribution in [2.24, 2.45) is 0 Å². The molecule has 2 aliphatic heterocycles. The van der Waals surface area contributed by atoms with Gasteiger partial charge < -0.3 is 24.1 Å². The summed E-state index contributed by atoms with van der Waals surface area (Å²) >= 11 is 0. The third-order valence-corrected chi connectivity index (χ3v) is 6.98. The first kappa shape index (κ1) is 24.4. The SMILES string of the molecule is CO[C@@H]1[C@H]2OC(C)(C)O[C@H]2CN(S(=O)(=O)c2ccc(OCC#CCO)cc2)[C@H]1C(=O)NO. The van der Waals surface area contributed by atoms with Gasteiger partial charge in [0.25, 0.3) is 5.91 Å². The molecule has 2 fully saturated rings. The van der Waals surface area contributed by atoms with Crippen molar-refractivity contribution in [2.45, 2.75) is 48.9 Å². The van der Waals surface area contributed by atoms with Crippen LogP contribution < -0.4 is 10.2 Å². The van der Waals surface area contributed by atoms with Crippen molar-refractivity contribution < 1.29 is 42.5 Å². The standard InChI is InChI=1S/C20H26N2O9S/c1-20(2)30-15-12-22(16(19(24)21-25)18(28-3)17(15)31-20)32(26,27)14-8-6-13(7-9-14)29-11-5-4-10-23/h6-9,15-18,23,25H,10-12H2,1-3H3,(H,21,24)/t15-,16+,17-,18-/m0/s1. The minimum atomic E-state index is -4.20. The van der Waals surface area contributed by atoms with Gasteiger partial charge in [-0.25, -0.2) is 13.9 Å². The summed E-state index contributed by atoms with van der Waals surface area (Å²) in [5.74, 6) is 3.46. The molecule has 0 saturated carbocycles. The molecule has 2 aliphatic rings. The maximum absolute atomic E-state index is 13.5. The highest BCUT2D eigenvalue weighted by atomic mass is 32.2. The Labute approximate surface area is 186 Å². The molecule has 0 bridgehead atoms. The van der Waals surface area contributed by atoms with Gasteiger partial charge >= 0.3 is 0 Å². The van der Waals surface area contributed by atoms with Crippen molar-refractivity contribution in [3.8, 4) is 17.6 Å². The molecular weight excluding hydrogens is 444 g/mol. The van der Waals surface area contributed by atoms with Crippen molar-refractivity contribution in [3.05, 3.63) is 24.3 Å². The second-order valence-electron chi connectivity index (χ2n) is 7.61. The molecule has 0 aliphatic carbocycles. The lowest BCUT2D eigenvalue weighted by atomic mass is 9.95. The second kappa shape index (κ2) is 9.72. The highest BCUT2D eigenvalue weighted by Crippen LogP contribution is 2.38. The molecule has 12 heteroatoms. The van der Waals surface area contributed by atoms with E-state index in [2.05, 4.69) is 11.8 Å². The number of hydrogen-bond acceptors (Lipinski definition) is 9. The number of aliphatic hydroxyl groups excluding tert-OH is 1. The molecule has 176 valence electrons. The molecule has 4 atom stereocenters. The number of carbonyl (C=O) groups is 1. The predicted molar refractivity (Wildman–Crippen MR) is 109 cm³/mol. The Morgan fingerprint density at radius 1 is 1.28 bits per heavy atom. The zero-order valence-corrected chi connectivity index (χ0v) is 18.7. The van der Waals surface area contributed by atoms with E-state index in [0.717, 1.165) is 4.31 Å². The largest absolute Gasteiger partial charge is 0.481 e. The van der Waals surface area contributed by atoms with Gasteiger partial charge in [-0.3, -0.25) is 10.0 Å². The molecule has 32 heavy (non-hydrogen) atoms. The van der Waals surface area contributed by atoms with Crippen molar-refractivity contribution >= 4 is 15.9 Å². The second-order valence-corrected chi connectivity index (χ2v) is 9.50. The Hall–Kier alpha value is -2.24. The Kier molecular flexibility index (Phi) is 7.41. The molecule has 11 nitrogen and oxygen atoms in total. The number of benzene rings is 1. The number of ether oxygens (including phenoxy) is 4. The summed E-state index contributed by atoms with van der Waals surface area (Å²) in [5, 5.41) is 17.9. The lowest BCUT2D eigenvalue weighted by Gasteiger charge is -2.42. The summed E-state index contributed by atoms with van der Waals surface area (Å²) in [6.07, 6.45) is -2.41. The van der Waals surface area contributed by atoms with E-state index in [1.165, 1.54) is 36.9 Å². The van der Waals surface area contributed by atoms with Crippen LogP contribution in [0.3, 0.4) is 0 Å². The van der Waals surface area contributed by atoms with Crippen molar-refractivity contribution in [1.29, 1.82) is 0 Å². The highest BCUT2D eigenvalue weighted by Gasteiger charge is 2.57. The van der Waals surface area contributed by atoms with Gasteiger partial charge in [0, 0.05) is 13.7 Å². The Morgan fingerprint density at radius 3 is 2.56 bits per heavy atom. The number of aliphatic hydroxyl groups is 1. The first-order valence-electron chi connectivity index (χ1n) is 9.78. The molecule has 3 N–H and O–H groups in total. The number of methoxy groups -OCH3 is 1. The molecule has 1 amide bonds. The predicted octanol–water partition coefficient (Wildman–Crippen LogP) is -0.525. The summed E-state index contributed by atoms with van der Waals surface area (Å²) in [6, 6.07) is 4.18. The van der Waals surface area contributed by atoms with Gasteiger partial charge in [0.15, 0.2) is 5.79 Å². The Morgan fingerprint density at radius 2 is 1.97 bits per heavy atom. The van der Waals surface area contributed by atoms with Gasteiger partial charge in [0.1, 0.15) is 43.3 Å². The van der Waals surface area contributed by atoms with Crippen LogP contribution in [0.4, 0.5) is 0 Å². The Bertz CT molecular complexity index is 985. The van der Waals surface area contributed by atoms with Crippen LogP contribution in [-0.4, -0.2) is 86.0 Å². The van der Waals surface area contributed by atoms with Gasteiger partial charge in [-0.2, -0.15) is 4.31 Å². The quantitative estimate of drug-likeness (QED) is 0.284. The number of nitrogens with zero attached hydrogens (tertiary/aromatic N) is 1. The molecule has 2 saturated heterocycles. The van der Waals surface area contributed by atoms with Crippen LogP contribution >= 0.6 is 0 Å². The number of hydrogen-bond donors (Lipinski definition) is 3. The summed E-state index contributed by atoms with van der Waals surface area (Å²) in [6.45, 7) is 2.94. The van der Waals surface area contributed by atoms with E-state index < -0.39 is 46.1 Å². The number of piperidine rings is 1. The van der Waals surface area contributed by atoms with E-state index in [0.29, 0.717) is 5.75 Å². The molecule has 0 aromatic heterocycles. The summed E-state index contributed by atoms with van der Waals surface area (Å²) in [7, 11) is -2.87. The zero-order chi connectivity index (χ0) is 23.5. The van der Waals surface area contributed by atoms with Crippen LogP contribution in [0.15, 0.2) is 29.2 Å². The van der Waals surface area contributed by atoms with Gasteiger partial charge in [0.2, 0.25) is 10.0 Å². The van der Waals surface area contributed by atoms with Gasteiger partial charge in [0.05, 0.1) is 4.90 Å². The average molecular weight is 471 g/mol. The van der Waals surface area contributed by atoms with E-state index in [1.54, 1.807) is 13.8 Å². The van der Waals surface area contributed by atoms with Crippen molar-refractivity contribution in [2.75, 3.05) is 26.9 Å². The molecule has 3 rings (SSSR count). The van der Waals surface area contributed by atoms with Crippen molar-refractivity contribution in [1.82, 2.24) is 9.79 Å². The molecule has 0 unspecified atom stereocenters. The van der Waals surface area contributed by atoms with Gasteiger partial charge in [-0.05, 0) is 38.1 Å². The molecule has 0 spiro atoms. The first-order chi connectivity index (χ1) is 15.1. The number of carbonyl (C=O) groups excluding carboxylic acids is 1. The van der Waals surface area contributed by atoms with Crippen LogP contribution in [0, 0.1) is 11.8 Å². The minimum Gasteiger partial charge on any atom is -0.481 e. The molecule has 0 radical (unpaired) electrons. The lowest BCUT2D eigenvalue weighted by Crippen LogP contribution is -2.66. The maximum Gasteiger partial charge on any atom is 0.264 e. The summed E-state index contributed by atoms with van der Waals surface area (Å²) in [4.78, 5) is 12.4. The molecule has 1 aromatic carbocycles. The van der Waals surface area contributed by atoms with E-state index in [-0.39, 0.29) is 24.7 Å². The van der Waals surface area contributed by atoms with E-state index >= 15 is 0 Å². The fourth-order valence-electron chi connectivity index (χ4n) is 3.84. The average Bonchev–Trinajstić information content (AvgIpc) is 3.08. The van der Waals surface area contributed by atoms with Crippen molar-refractivity contribution in [3.63, 3.8) is 0 Å². The van der Waals surface area contributed by atoms with E-state index in [4.69, 9.17) is 24.1 Å². The third kappa shape index (κ3) is 4.89. The normalized spacial score (nSPS) is 27.2. The summed E-state index contributed by atoms with van der Waals surface area (Å²) < 4.78 is 50.4. The number of fused-ring (bicyclic) bond motifs is 1. The zero-order valence-electron chi connectivity index (χ0n) is 17.8. The Balaban J connectivity index is 1.91. The highest BCUT2D eigenvalue weighted by molar-refractivity contribution is 7.89. The molecule has 2 heterocycles. The van der Waals surface area contributed by atoms with Gasteiger partial charge in [-0.1, -0.05) is 11.8 Å². The fourth-order valence-corrected chi connectivity index (χ4v) is 5.45. The van der Waals surface area contributed by atoms with Crippen LogP contribution in [0.1, 0.15) is 13.8 Å². The molecule has 1 aromatic rings. The third-order valence-electron chi connectivity index (χ3n) is 5.12. The number of sulfonamides is 1.